The van der Waals surface area contributed by atoms with Crippen molar-refractivity contribution < 1.29 is 9.47 Å². The zero-order chi connectivity index (χ0) is 13.4. The third-order valence-electron chi connectivity index (χ3n) is 3.03. The minimum absolute atomic E-state index is 0.619. The van der Waals surface area contributed by atoms with E-state index in [4.69, 9.17) is 15.2 Å². The number of aryl methyl sites for hydroxylation is 1. The van der Waals surface area contributed by atoms with Gasteiger partial charge in [0, 0.05) is 29.6 Å². The smallest absolute Gasteiger partial charge is 0.162 e. The molecule has 1 aliphatic heterocycles. The molecule has 0 radical (unpaired) electrons. The van der Waals surface area contributed by atoms with Crippen molar-refractivity contribution in [2.75, 3.05) is 18.9 Å². The Hall–Kier alpha value is -1.69. The first-order valence-corrected chi connectivity index (χ1v) is 6.83. The normalized spacial score (nSPS) is 14.2. The number of nitrogens with zero attached hydrogens (tertiary/aromatic N) is 2. The topological polar surface area (TPSA) is 62.3 Å². The zero-order valence-corrected chi connectivity index (χ0v) is 12.1. The summed E-state index contributed by atoms with van der Waals surface area (Å²) in [6.07, 6.45) is 0.887. The minimum Gasteiger partial charge on any atom is -0.490 e. The number of benzene rings is 1. The van der Waals surface area contributed by atoms with Gasteiger partial charge in [0.1, 0.15) is 5.82 Å². The van der Waals surface area contributed by atoms with Crippen LogP contribution in [0.15, 0.2) is 22.7 Å². The fourth-order valence-electron chi connectivity index (χ4n) is 1.99. The molecule has 0 saturated carbocycles. The maximum absolute atomic E-state index is 5.82. The van der Waals surface area contributed by atoms with Crippen molar-refractivity contribution >= 4 is 21.7 Å². The first-order chi connectivity index (χ1) is 9.15. The molecule has 0 bridgehead atoms. The van der Waals surface area contributed by atoms with Crippen molar-refractivity contribution in [1.82, 2.24) is 9.78 Å². The molecule has 1 aromatic heterocycles. The summed E-state index contributed by atoms with van der Waals surface area (Å²) in [6.45, 7) is 1.34. The van der Waals surface area contributed by atoms with Crippen LogP contribution in [0.2, 0.25) is 0 Å². The number of hydrogen-bond donors (Lipinski definition) is 1. The molecule has 100 valence electrons. The minimum atomic E-state index is 0.619. The summed E-state index contributed by atoms with van der Waals surface area (Å²) in [7, 11) is 1.82. The standard InChI is InChI=1S/C13H14BrN3O2/c1-17-13(15)7-10(16-17)8-5-11-12(6-9(8)14)19-4-2-3-18-11/h5-7H,2-4,15H2,1H3. The van der Waals surface area contributed by atoms with E-state index in [1.54, 1.807) is 4.68 Å². The van der Waals surface area contributed by atoms with Crippen molar-refractivity contribution in [3.05, 3.63) is 22.7 Å². The Balaban J connectivity index is 2.09. The van der Waals surface area contributed by atoms with E-state index in [-0.39, 0.29) is 0 Å². The van der Waals surface area contributed by atoms with Gasteiger partial charge in [-0.25, -0.2) is 0 Å². The molecule has 1 aliphatic rings. The van der Waals surface area contributed by atoms with Crippen LogP contribution in [-0.4, -0.2) is 23.0 Å². The van der Waals surface area contributed by atoms with Crippen LogP contribution in [0.25, 0.3) is 11.3 Å². The van der Waals surface area contributed by atoms with E-state index < -0.39 is 0 Å². The van der Waals surface area contributed by atoms with Gasteiger partial charge in [0.15, 0.2) is 11.5 Å². The lowest BCUT2D eigenvalue weighted by Crippen LogP contribution is -1.97. The number of anilines is 1. The number of halogens is 1. The zero-order valence-electron chi connectivity index (χ0n) is 10.5. The van der Waals surface area contributed by atoms with Crippen LogP contribution >= 0.6 is 15.9 Å². The van der Waals surface area contributed by atoms with Gasteiger partial charge >= 0.3 is 0 Å². The molecule has 5 nitrogen and oxygen atoms in total. The van der Waals surface area contributed by atoms with Gasteiger partial charge in [0.25, 0.3) is 0 Å². The molecular weight excluding hydrogens is 310 g/mol. The number of nitrogen functional groups attached to an aromatic ring is 1. The van der Waals surface area contributed by atoms with Crippen LogP contribution < -0.4 is 15.2 Å². The second-order valence-electron chi connectivity index (χ2n) is 4.41. The molecule has 0 aliphatic carbocycles. The molecule has 0 fully saturated rings. The van der Waals surface area contributed by atoms with Crippen LogP contribution in [0.1, 0.15) is 6.42 Å². The van der Waals surface area contributed by atoms with Crippen molar-refractivity contribution in [2.45, 2.75) is 6.42 Å². The Morgan fingerprint density at radius 2 is 1.89 bits per heavy atom. The average Bonchev–Trinajstić information content (AvgIpc) is 2.60. The molecule has 0 unspecified atom stereocenters. The summed E-state index contributed by atoms with van der Waals surface area (Å²) in [4.78, 5) is 0. The highest BCUT2D eigenvalue weighted by Crippen LogP contribution is 2.39. The molecule has 1 aromatic carbocycles. The third-order valence-corrected chi connectivity index (χ3v) is 3.69. The maximum Gasteiger partial charge on any atom is 0.162 e. The van der Waals surface area contributed by atoms with E-state index >= 15 is 0 Å². The monoisotopic (exact) mass is 323 g/mol. The summed E-state index contributed by atoms with van der Waals surface area (Å²) in [5, 5.41) is 4.38. The Morgan fingerprint density at radius 1 is 1.21 bits per heavy atom. The fourth-order valence-corrected chi connectivity index (χ4v) is 2.52. The Kier molecular flexibility index (Phi) is 3.10. The number of ether oxygens (including phenoxy) is 2. The SMILES string of the molecule is Cn1nc(-c2cc3c(cc2Br)OCCCO3)cc1N. The first kappa shape index (κ1) is 12.3. The highest BCUT2D eigenvalue weighted by molar-refractivity contribution is 9.10. The predicted molar refractivity (Wildman–Crippen MR) is 76.4 cm³/mol. The van der Waals surface area contributed by atoms with Gasteiger partial charge in [-0.05, 0) is 28.1 Å². The second-order valence-corrected chi connectivity index (χ2v) is 5.26. The lowest BCUT2D eigenvalue weighted by atomic mass is 10.1. The molecular formula is C13H14BrN3O2. The Bertz CT molecular complexity index is 605. The number of hydrogen-bond acceptors (Lipinski definition) is 4. The summed E-state index contributed by atoms with van der Waals surface area (Å²) in [6, 6.07) is 5.69. The predicted octanol–water partition coefficient (Wildman–Crippen LogP) is 2.59. The van der Waals surface area contributed by atoms with Gasteiger partial charge in [0.2, 0.25) is 0 Å². The van der Waals surface area contributed by atoms with Gasteiger partial charge in [-0.1, -0.05) is 0 Å². The molecule has 19 heavy (non-hydrogen) atoms. The van der Waals surface area contributed by atoms with E-state index in [1.807, 2.05) is 25.2 Å². The van der Waals surface area contributed by atoms with Gasteiger partial charge in [0.05, 0.1) is 18.9 Å². The molecule has 2 heterocycles. The quantitative estimate of drug-likeness (QED) is 0.876. The van der Waals surface area contributed by atoms with Gasteiger partial charge in [-0.2, -0.15) is 5.10 Å². The van der Waals surface area contributed by atoms with Crippen LogP contribution in [0.4, 0.5) is 5.82 Å². The van der Waals surface area contributed by atoms with E-state index in [0.717, 1.165) is 33.6 Å². The van der Waals surface area contributed by atoms with Crippen LogP contribution in [0.3, 0.4) is 0 Å². The molecule has 3 rings (SSSR count). The number of fused-ring (bicyclic) bond motifs is 1. The highest BCUT2D eigenvalue weighted by Gasteiger charge is 2.16. The number of aromatic nitrogens is 2. The molecule has 2 aromatic rings. The van der Waals surface area contributed by atoms with E-state index in [1.165, 1.54) is 0 Å². The summed E-state index contributed by atoms with van der Waals surface area (Å²) >= 11 is 3.55. The van der Waals surface area contributed by atoms with Crippen LogP contribution in [0.5, 0.6) is 11.5 Å². The van der Waals surface area contributed by atoms with Crippen LogP contribution in [-0.2, 0) is 7.05 Å². The number of rotatable bonds is 1. The van der Waals surface area contributed by atoms with Gasteiger partial charge in [-0.15, -0.1) is 0 Å². The number of nitrogens with two attached hydrogens (primary N) is 1. The maximum atomic E-state index is 5.82. The Labute approximate surface area is 119 Å². The molecule has 0 saturated heterocycles. The van der Waals surface area contributed by atoms with Crippen molar-refractivity contribution in [1.29, 1.82) is 0 Å². The average molecular weight is 324 g/mol. The van der Waals surface area contributed by atoms with Gasteiger partial charge < -0.3 is 15.2 Å². The van der Waals surface area contributed by atoms with E-state index in [0.29, 0.717) is 19.0 Å². The van der Waals surface area contributed by atoms with Crippen molar-refractivity contribution in [2.24, 2.45) is 7.05 Å². The Morgan fingerprint density at radius 3 is 2.53 bits per heavy atom. The van der Waals surface area contributed by atoms with E-state index in [2.05, 4.69) is 21.0 Å². The summed E-state index contributed by atoms with van der Waals surface area (Å²) in [5.74, 6) is 2.13. The molecule has 0 atom stereocenters. The van der Waals surface area contributed by atoms with Crippen molar-refractivity contribution in [3.8, 4) is 22.8 Å². The largest absolute Gasteiger partial charge is 0.490 e. The summed E-state index contributed by atoms with van der Waals surface area (Å²) in [5.41, 5.74) is 7.57. The van der Waals surface area contributed by atoms with E-state index in [9.17, 15) is 0 Å². The lowest BCUT2D eigenvalue weighted by Gasteiger charge is -2.10. The molecule has 6 heteroatoms. The van der Waals surface area contributed by atoms with Gasteiger partial charge in [-0.3, -0.25) is 4.68 Å². The second kappa shape index (κ2) is 4.77. The first-order valence-electron chi connectivity index (χ1n) is 6.04. The van der Waals surface area contributed by atoms with Crippen LogP contribution in [0, 0.1) is 0 Å². The highest BCUT2D eigenvalue weighted by atomic mass is 79.9. The summed E-state index contributed by atoms with van der Waals surface area (Å²) < 4.78 is 13.9. The molecule has 0 amide bonds. The lowest BCUT2D eigenvalue weighted by molar-refractivity contribution is 0.297. The fraction of sp³-hybridized carbons (Fsp3) is 0.308. The van der Waals surface area contributed by atoms with Crippen molar-refractivity contribution in [3.63, 3.8) is 0 Å². The third kappa shape index (κ3) is 2.28. The molecule has 0 spiro atoms. The molecule has 2 N–H and O–H groups in total.